The first-order chi connectivity index (χ1) is 8.68. The Morgan fingerprint density at radius 2 is 2.28 bits per heavy atom. The molecule has 5 heteroatoms. The summed E-state index contributed by atoms with van der Waals surface area (Å²) in [5.74, 6) is -0.417. The molecule has 0 bridgehead atoms. The molecule has 0 aromatic carbocycles. The van der Waals surface area contributed by atoms with E-state index in [4.69, 9.17) is 9.84 Å². The summed E-state index contributed by atoms with van der Waals surface area (Å²) in [6.07, 6.45) is 5.08. The molecule has 1 aromatic heterocycles. The third-order valence-electron chi connectivity index (χ3n) is 3.41. The van der Waals surface area contributed by atoms with Crippen molar-refractivity contribution < 1.29 is 14.6 Å². The van der Waals surface area contributed by atoms with Gasteiger partial charge in [0.05, 0.1) is 17.4 Å². The van der Waals surface area contributed by atoms with E-state index in [2.05, 4.69) is 17.2 Å². The molecule has 98 valence electrons. The van der Waals surface area contributed by atoms with E-state index in [1.165, 1.54) is 12.3 Å². The number of pyridine rings is 1. The largest absolute Gasteiger partial charge is 0.478 e. The van der Waals surface area contributed by atoms with Crippen molar-refractivity contribution in [3.05, 3.63) is 24.0 Å². The van der Waals surface area contributed by atoms with Crippen molar-refractivity contribution in [1.82, 2.24) is 4.98 Å². The van der Waals surface area contributed by atoms with Gasteiger partial charge in [-0.1, -0.05) is 0 Å². The van der Waals surface area contributed by atoms with Crippen LogP contribution in [0.5, 0.6) is 0 Å². The molecule has 1 aromatic rings. The molecular formula is C13H18N2O3. The summed E-state index contributed by atoms with van der Waals surface area (Å²) in [5, 5.41) is 12.4. The van der Waals surface area contributed by atoms with E-state index in [0.717, 1.165) is 26.1 Å². The quantitative estimate of drug-likeness (QED) is 0.855. The molecule has 1 aliphatic rings. The first-order valence-corrected chi connectivity index (χ1v) is 6.20. The second-order valence-electron chi connectivity index (χ2n) is 4.61. The van der Waals surface area contributed by atoms with Gasteiger partial charge in [0.2, 0.25) is 0 Å². The predicted octanol–water partition coefficient (Wildman–Crippen LogP) is 2.01. The number of nitrogens with one attached hydrogen (secondary N) is 1. The molecular weight excluding hydrogens is 232 g/mol. The molecule has 0 saturated carbocycles. The topological polar surface area (TPSA) is 71.5 Å². The summed E-state index contributed by atoms with van der Waals surface area (Å²) in [5.41, 5.74) is 0.855. The number of carbonyl (C=O) groups is 1. The second-order valence-corrected chi connectivity index (χ2v) is 4.61. The Morgan fingerprint density at radius 1 is 1.56 bits per heavy atom. The lowest BCUT2D eigenvalue weighted by atomic mass is 9.92. The van der Waals surface area contributed by atoms with Gasteiger partial charge in [-0.15, -0.1) is 0 Å². The van der Waals surface area contributed by atoms with Crippen LogP contribution in [0.2, 0.25) is 0 Å². The van der Waals surface area contributed by atoms with Crippen molar-refractivity contribution in [2.45, 2.75) is 25.8 Å². The van der Waals surface area contributed by atoms with Crippen LogP contribution in [0.3, 0.4) is 0 Å². The normalized spacial score (nSPS) is 18.3. The average molecular weight is 250 g/mol. The van der Waals surface area contributed by atoms with Crippen molar-refractivity contribution in [2.24, 2.45) is 5.92 Å². The summed E-state index contributed by atoms with van der Waals surface area (Å²) in [4.78, 5) is 15.1. The van der Waals surface area contributed by atoms with Crippen molar-refractivity contribution in [2.75, 3.05) is 18.5 Å². The van der Waals surface area contributed by atoms with Crippen LogP contribution in [0.1, 0.15) is 30.1 Å². The standard InChI is InChI=1S/C13H18N2O3/c1-9(10-3-6-18-7-4-10)15-12-8-14-5-2-11(12)13(16)17/h2,5,8-10,15H,3-4,6-7H2,1H3,(H,16,17). The minimum Gasteiger partial charge on any atom is -0.478 e. The Kier molecular flexibility index (Phi) is 4.15. The first kappa shape index (κ1) is 12.8. The summed E-state index contributed by atoms with van der Waals surface area (Å²) in [7, 11) is 0. The molecule has 2 N–H and O–H groups in total. The maximum Gasteiger partial charge on any atom is 0.337 e. The highest BCUT2D eigenvalue weighted by Crippen LogP contribution is 2.23. The Balaban J connectivity index is 2.06. The van der Waals surface area contributed by atoms with Crippen LogP contribution in [0.15, 0.2) is 18.5 Å². The van der Waals surface area contributed by atoms with Crippen LogP contribution in [0, 0.1) is 5.92 Å². The van der Waals surface area contributed by atoms with Gasteiger partial charge in [0.1, 0.15) is 0 Å². The lowest BCUT2D eigenvalue weighted by Gasteiger charge is -2.29. The van der Waals surface area contributed by atoms with E-state index in [1.807, 2.05) is 0 Å². The fourth-order valence-corrected chi connectivity index (χ4v) is 2.27. The molecule has 5 nitrogen and oxygen atoms in total. The fraction of sp³-hybridized carbons (Fsp3) is 0.538. The first-order valence-electron chi connectivity index (χ1n) is 6.20. The van der Waals surface area contributed by atoms with E-state index in [1.54, 1.807) is 6.20 Å². The van der Waals surface area contributed by atoms with Crippen LogP contribution in [-0.2, 0) is 4.74 Å². The number of hydrogen-bond acceptors (Lipinski definition) is 4. The molecule has 2 rings (SSSR count). The van der Waals surface area contributed by atoms with E-state index < -0.39 is 5.97 Å². The number of aromatic nitrogens is 1. The third-order valence-corrected chi connectivity index (χ3v) is 3.41. The van der Waals surface area contributed by atoms with Gasteiger partial charge in [-0.3, -0.25) is 4.98 Å². The number of rotatable bonds is 4. The van der Waals surface area contributed by atoms with E-state index >= 15 is 0 Å². The lowest BCUT2D eigenvalue weighted by Crippen LogP contribution is -2.31. The molecule has 1 unspecified atom stereocenters. The number of anilines is 1. The zero-order valence-electron chi connectivity index (χ0n) is 10.4. The summed E-state index contributed by atoms with van der Waals surface area (Å²) in [6.45, 7) is 3.65. The van der Waals surface area contributed by atoms with Gasteiger partial charge in [-0.25, -0.2) is 4.79 Å². The van der Waals surface area contributed by atoms with Crippen LogP contribution < -0.4 is 5.32 Å². The SMILES string of the molecule is CC(Nc1cnccc1C(=O)O)C1CCOCC1. The van der Waals surface area contributed by atoms with Gasteiger partial charge in [0.25, 0.3) is 0 Å². The van der Waals surface area contributed by atoms with E-state index in [9.17, 15) is 4.79 Å². The number of carboxylic acids is 1. The third kappa shape index (κ3) is 2.98. The minimum atomic E-state index is -0.931. The van der Waals surface area contributed by atoms with Crippen molar-refractivity contribution in [3.8, 4) is 0 Å². The zero-order valence-corrected chi connectivity index (χ0v) is 10.4. The lowest BCUT2D eigenvalue weighted by molar-refractivity contribution is 0.0621. The average Bonchev–Trinajstić information content (AvgIpc) is 2.40. The molecule has 0 spiro atoms. The number of hydrogen-bond donors (Lipinski definition) is 2. The minimum absolute atomic E-state index is 0.219. The van der Waals surface area contributed by atoms with Gasteiger partial charge in [0.15, 0.2) is 0 Å². The zero-order chi connectivity index (χ0) is 13.0. The van der Waals surface area contributed by atoms with Crippen LogP contribution >= 0.6 is 0 Å². The molecule has 1 saturated heterocycles. The van der Waals surface area contributed by atoms with Crippen molar-refractivity contribution >= 4 is 11.7 Å². The summed E-state index contributed by atoms with van der Waals surface area (Å²) in [6, 6.07) is 1.73. The number of aromatic carboxylic acids is 1. The number of carboxylic acid groups (broad SMARTS) is 1. The van der Waals surface area contributed by atoms with E-state index in [-0.39, 0.29) is 11.6 Å². The monoisotopic (exact) mass is 250 g/mol. The van der Waals surface area contributed by atoms with Crippen molar-refractivity contribution in [1.29, 1.82) is 0 Å². The number of ether oxygens (including phenoxy) is 1. The van der Waals surface area contributed by atoms with E-state index in [0.29, 0.717) is 11.6 Å². The molecule has 0 radical (unpaired) electrons. The van der Waals surface area contributed by atoms with Gasteiger partial charge in [-0.05, 0) is 31.7 Å². The molecule has 18 heavy (non-hydrogen) atoms. The highest BCUT2D eigenvalue weighted by atomic mass is 16.5. The smallest absolute Gasteiger partial charge is 0.337 e. The van der Waals surface area contributed by atoms with Crippen LogP contribution in [0.25, 0.3) is 0 Å². The maximum atomic E-state index is 11.1. The Labute approximate surface area is 106 Å². The van der Waals surface area contributed by atoms with Gasteiger partial charge in [0, 0.05) is 25.5 Å². The highest BCUT2D eigenvalue weighted by Gasteiger charge is 2.21. The predicted molar refractivity (Wildman–Crippen MR) is 67.8 cm³/mol. The van der Waals surface area contributed by atoms with Crippen molar-refractivity contribution in [3.63, 3.8) is 0 Å². The molecule has 0 aliphatic carbocycles. The summed E-state index contributed by atoms with van der Waals surface area (Å²) >= 11 is 0. The highest BCUT2D eigenvalue weighted by molar-refractivity contribution is 5.93. The fourth-order valence-electron chi connectivity index (χ4n) is 2.27. The second kappa shape index (κ2) is 5.82. The maximum absolute atomic E-state index is 11.1. The molecule has 1 atom stereocenters. The molecule has 0 amide bonds. The molecule has 1 fully saturated rings. The van der Waals surface area contributed by atoms with Gasteiger partial charge >= 0.3 is 5.97 Å². The Hall–Kier alpha value is -1.62. The van der Waals surface area contributed by atoms with Gasteiger partial charge in [-0.2, -0.15) is 0 Å². The Morgan fingerprint density at radius 3 is 2.94 bits per heavy atom. The summed E-state index contributed by atoms with van der Waals surface area (Å²) < 4.78 is 5.33. The molecule has 2 heterocycles. The number of nitrogens with zero attached hydrogens (tertiary/aromatic N) is 1. The van der Waals surface area contributed by atoms with Gasteiger partial charge < -0.3 is 15.2 Å². The van der Waals surface area contributed by atoms with Crippen LogP contribution in [0.4, 0.5) is 5.69 Å². The van der Waals surface area contributed by atoms with Crippen LogP contribution in [-0.4, -0.2) is 35.3 Å². The Bertz CT molecular complexity index is 416. The molecule has 1 aliphatic heterocycles.